The fourth-order valence-corrected chi connectivity index (χ4v) is 3.61. The quantitative estimate of drug-likeness (QED) is 0.850. The Morgan fingerprint density at radius 2 is 1.96 bits per heavy atom. The van der Waals surface area contributed by atoms with Crippen LogP contribution in [-0.4, -0.2) is 41.1 Å². The Hall–Kier alpha value is -2.07. The summed E-state index contributed by atoms with van der Waals surface area (Å²) < 4.78 is 2.01. The highest BCUT2D eigenvalue weighted by molar-refractivity contribution is 5.80. The summed E-state index contributed by atoms with van der Waals surface area (Å²) in [6.45, 7) is 5.16. The Morgan fingerprint density at radius 3 is 2.67 bits per heavy atom. The van der Waals surface area contributed by atoms with Crippen molar-refractivity contribution in [1.29, 1.82) is 0 Å². The number of benzene rings is 1. The standard InChI is InChI=1S/C20H27N3O/c1-2-22-14-8-11-18(22)16-21-20(24)19(23-12-6-7-13-23)15-17-9-4-3-5-10-17/h3-7,9-10,12-13,18-19H,2,8,11,14-16H2,1H3,(H,21,24). The average molecular weight is 325 g/mol. The summed E-state index contributed by atoms with van der Waals surface area (Å²) in [5.74, 6) is 0.109. The van der Waals surface area contributed by atoms with Crippen LogP contribution in [0.1, 0.15) is 31.4 Å². The number of amides is 1. The number of likely N-dealkylation sites (tertiary alicyclic amines) is 1. The lowest BCUT2D eigenvalue weighted by Crippen LogP contribution is -2.42. The first-order valence-electron chi connectivity index (χ1n) is 8.96. The van der Waals surface area contributed by atoms with E-state index in [1.54, 1.807) is 0 Å². The minimum atomic E-state index is -0.195. The molecule has 0 bridgehead atoms. The Bertz CT molecular complexity index is 624. The first-order valence-corrected chi connectivity index (χ1v) is 8.96. The number of carbonyl (C=O) groups is 1. The molecule has 1 fully saturated rings. The van der Waals surface area contributed by atoms with Crippen LogP contribution < -0.4 is 5.32 Å². The van der Waals surface area contributed by atoms with Crippen LogP contribution in [0.25, 0.3) is 0 Å². The van der Waals surface area contributed by atoms with Crippen molar-refractivity contribution in [3.05, 3.63) is 60.4 Å². The van der Waals surface area contributed by atoms with E-state index in [9.17, 15) is 4.79 Å². The average Bonchev–Trinajstić information content (AvgIpc) is 3.29. The van der Waals surface area contributed by atoms with E-state index in [1.165, 1.54) is 18.4 Å². The molecule has 2 heterocycles. The van der Waals surface area contributed by atoms with Gasteiger partial charge in [-0.15, -0.1) is 0 Å². The smallest absolute Gasteiger partial charge is 0.243 e. The van der Waals surface area contributed by atoms with Crippen LogP contribution in [0.2, 0.25) is 0 Å². The topological polar surface area (TPSA) is 37.3 Å². The number of hydrogen-bond acceptors (Lipinski definition) is 2. The zero-order valence-corrected chi connectivity index (χ0v) is 14.4. The van der Waals surface area contributed by atoms with Crippen molar-refractivity contribution in [1.82, 2.24) is 14.8 Å². The van der Waals surface area contributed by atoms with Gasteiger partial charge in [-0.1, -0.05) is 37.3 Å². The van der Waals surface area contributed by atoms with Crippen LogP contribution in [-0.2, 0) is 11.2 Å². The summed E-state index contributed by atoms with van der Waals surface area (Å²) in [7, 11) is 0. The van der Waals surface area contributed by atoms with E-state index >= 15 is 0 Å². The maximum atomic E-state index is 12.8. The van der Waals surface area contributed by atoms with Crippen molar-refractivity contribution in [2.45, 2.75) is 38.3 Å². The lowest BCUT2D eigenvalue weighted by Gasteiger charge is -2.25. The fraction of sp³-hybridized carbons (Fsp3) is 0.450. The lowest BCUT2D eigenvalue weighted by atomic mass is 10.0. The summed E-state index contributed by atoms with van der Waals surface area (Å²) in [5.41, 5.74) is 1.18. The lowest BCUT2D eigenvalue weighted by molar-refractivity contribution is -0.124. The van der Waals surface area contributed by atoms with Gasteiger partial charge in [0, 0.05) is 31.4 Å². The monoisotopic (exact) mass is 325 g/mol. The molecule has 24 heavy (non-hydrogen) atoms. The van der Waals surface area contributed by atoms with Gasteiger partial charge < -0.3 is 9.88 Å². The van der Waals surface area contributed by atoms with Gasteiger partial charge >= 0.3 is 0 Å². The van der Waals surface area contributed by atoms with E-state index < -0.39 is 0 Å². The van der Waals surface area contributed by atoms with Crippen LogP contribution in [0.5, 0.6) is 0 Å². The largest absolute Gasteiger partial charge is 0.353 e. The summed E-state index contributed by atoms with van der Waals surface area (Å²) in [6, 6.07) is 14.5. The number of nitrogens with zero attached hydrogens (tertiary/aromatic N) is 2. The second-order valence-electron chi connectivity index (χ2n) is 6.51. The van der Waals surface area contributed by atoms with Crippen LogP contribution in [0.3, 0.4) is 0 Å². The number of likely N-dealkylation sites (N-methyl/N-ethyl adjacent to an activating group) is 1. The summed E-state index contributed by atoms with van der Waals surface area (Å²) in [6.07, 6.45) is 7.08. The normalized spacial score (nSPS) is 19.3. The third-order valence-electron chi connectivity index (χ3n) is 4.98. The number of aromatic nitrogens is 1. The van der Waals surface area contributed by atoms with Gasteiger partial charge in [0.1, 0.15) is 6.04 Å². The molecule has 1 aliphatic rings. The molecule has 0 spiro atoms. The predicted molar refractivity (Wildman–Crippen MR) is 96.9 cm³/mol. The van der Waals surface area contributed by atoms with Gasteiger partial charge in [-0.3, -0.25) is 9.69 Å². The van der Waals surface area contributed by atoms with Crippen molar-refractivity contribution in [3.8, 4) is 0 Å². The van der Waals surface area contributed by atoms with E-state index in [-0.39, 0.29) is 11.9 Å². The molecular formula is C20H27N3O. The Morgan fingerprint density at radius 1 is 1.21 bits per heavy atom. The van der Waals surface area contributed by atoms with Gasteiger partial charge in [0.15, 0.2) is 0 Å². The number of rotatable bonds is 7. The molecule has 1 amide bonds. The van der Waals surface area contributed by atoms with Crippen LogP contribution in [0.15, 0.2) is 54.9 Å². The van der Waals surface area contributed by atoms with Crippen molar-refractivity contribution >= 4 is 5.91 Å². The van der Waals surface area contributed by atoms with Crippen molar-refractivity contribution < 1.29 is 4.79 Å². The molecule has 0 aliphatic carbocycles. The number of carbonyl (C=O) groups excluding carboxylic acids is 1. The van der Waals surface area contributed by atoms with Gasteiger partial charge in [0.2, 0.25) is 5.91 Å². The zero-order chi connectivity index (χ0) is 16.8. The Balaban J connectivity index is 1.65. The first-order chi connectivity index (χ1) is 11.8. The molecule has 2 aromatic rings. The molecule has 3 rings (SSSR count). The van der Waals surface area contributed by atoms with E-state index in [1.807, 2.05) is 47.3 Å². The molecule has 1 aromatic heterocycles. The fourth-order valence-electron chi connectivity index (χ4n) is 3.61. The second-order valence-corrected chi connectivity index (χ2v) is 6.51. The summed E-state index contributed by atoms with van der Waals surface area (Å²) in [5, 5.41) is 3.20. The maximum Gasteiger partial charge on any atom is 0.243 e. The van der Waals surface area contributed by atoms with Gasteiger partial charge in [-0.25, -0.2) is 0 Å². The molecule has 128 valence electrons. The molecule has 2 unspecified atom stereocenters. The minimum absolute atomic E-state index is 0.109. The molecule has 0 radical (unpaired) electrons. The first kappa shape index (κ1) is 16.8. The summed E-state index contributed by atoms with van der Waals surface area (Å²) >= 11 is 0. The molecule has 1 aliphatic heterocycles. The van der Waals surface area contributed by atoms with E-state index in [0.29, 0.717) is 12.5 Å². The van der Waals surface area contributed by atoms with Crippen LogP contribution >= 0.6 is 0 Å². The SMILES string of the molecule is CCN1CCCC1CNC(=O)C(Cc1ccccc1)n1cccc1. The minimum Gasteiger partial charge on any atom is -0.353 e. The number of hydrogen-bond donors (Lipinski definition) is 1. The second kappa shape index (κ2) is 8.15. The molecule has 4 heteroatoms. The third kappa shape index (κ3) is 4.06. The highest BCUT2D eigenvalue weighted by atomic mass is 16.2. The molecule has 1 N–H and O–H groups in total. The third-order valence-corrected chi connectivity index (χ3v) is 4.98. The summed E-state index contributed by atoms with van der Waals surface area (Å²) in [4.78, 5) is 15.3. The van der Waals surface area contributed by atoms with Crippen molar-refractivity contribution in [2.24, 2.45) is 0 Å². The maximum absolute atomic E-state index is 12.8. The Labute approximate surface area is 144 Å². The van der Waals surface area contributed by atoms with Gasteiger partial charge in [-0.2, -0.15) is 0 Å². The Kier molecular flexibility index (Phi) is 5.70. The number of nitrogens with one attached hydrogen (secondary N) is 1. The molecule has 0 saturated carbocycles. The highest BCUT2D eigenvalue weighted by Gasteiger charge is 2.25. The highest BCUT2D eigenvalue weighted by Crippen LogP contribution is 2.18. The molecule has 1 aromatic carbocycles. The van der Waals surface area contributed by atoms with E-state index in [0.717, 1.165) is 19.6 Å². The predicted octanol–water partition coefficient (Wildman–Crippen LogP) is 2.87. The van der Waals surface area contributed by atoms with E-state index in [4.69, 9.17) is 0 Å². The van der Waals surface area contributed by atoms with Crippen molar-refractivity contribution in [3.63, 3.8) is 0 Å². The van der Waals surface area contributed by atoms with Crippen LogP contribution in [0.4, 0.5) is 0 Å². The molecule has 4 nitrogen and oxygen atoms in total. The zero-order valence-electron chi connectivity index (χ0n) is 14.4. The van der Waals surface area contributed by atoms with Gasteiger partial charge in [-0.05, 0) is 43.6 Å². The van der Waals surface area contributed by atoms with Gasteiger partial charge in [0.25, 0.3) is 0 Å². The van der Waals surface area contributed by atoms with Gasteiger partial charge in [0.05, 0.1) is 0 Å². The molecule has 1 saturated heterocycles. The molecular weight excluding hydrogens is 298 g/mol. The molecule has 2 atom stereocenters. The van der Waals surface area contributed by atoms with E-state index in [2.05, 4.69) is 29.3 Å². The van der Waals surface area contributed by atoms with Crippen LogP contribution in [0, 0.1) is 0 Å². The van der Waals surface area contributed by atoms with Crippen molar-refractivity contribution in [2.75, 3.05) is 19.6 Å².